The molecule has 0 bridgehead atoms. The number of rotatable bonds is 4. The molecule has 1 saturated heterocycles. The lowest BCUT2D eigenvalue weighted by atomic mass is 9.73. The van der Waals surface area contributed by atoms with Gasteiger partial charge in [-0.3, -0.25) is 9.69 Å². The maximum atomic E-state index is 11.4. The van der Waals surface area contributed by atoms with Gasteiger partial charge in [0.25, 0.3) is 0 Å². The zero-order valence-electron chi connectivity index (χ0n) is 11.2. The van der Waals surface area contributed by atoms with Gasteiger partial charge in [0.05, 0.1) is 0 Å². The molecule has 16 heavy (non-hydrogen) atoms. The molecular weight excluding hydrogens is 202 g/mol. The summed E-state index contributed by atoms with van der Waals surface area (Å²) in [6, 6.07) is 0. The molecule has 0 amide bonds. The van der Waals surface area contributed by atoms with Gasteiger partial charge in [0.1, 0.15) is 5.54 Å². The molecule has 0 aromatic carbocycles. The average molecular weight is 227 g/mol. The third-order valence-electron chi connectivity index (χ3n) is 4.00. The smallest absolute Gasteiger partial charge is 0.323 e. The Bertz CT molecular complexity index is 264. The summed E-state index contributed by atoms with van der Waals surface area (Å²) in [5, 5.41) is 9.35. The Morgan fingerprint density at radius 3 is 2.12 bits per heavy atom. The molecule has 3 nitrogen and oxygen atoms in total. The van der Waals surface area contributed by atoms with Gasteiger partial charge in [0.2, 0.25) is 0 Å². The fourth-order valence-corrected chi connectivity index (χ4v) is 2.32. The van der Waals surface area contributed by atoms with Gasteiger partial charge in [0, 0.05) is 13.1 Å². The van der Waals surface area contributed by atoms with E-state index < -0.39 is 11.5 Å². The van der Waals surface area contributed by atoms with E-state index in [0.717, 1.165) is 25.9 Å². The van der Waals surface area contributed by atoms with Crippen molar-refractivity contribution in [3.05, 3.63) is 0 Å². The minimum absolute atomic E-state index is 0.294. The van der Waals surface area contributed by atoms with Crippen LogP contribution in [0.25, 0.3) is 0 Å². The second kappa shape index (κ2) is 4.36. The van der Waals surface area contributed by atoms with Crippen LogP contribution in [0.5, 0.6) is 0 Å². The zero-order valence-corrected chi connectivity index (χ0v) is 11.2. The van der Waals surface area contributed by atoms with Crippen LogP contribution < -0.4 is 0 Å². The molecule has 0 spiro atoms. The van der Waals surface area contributed by atoms with Crippen molar-refractivity contribution in [2.45, 2.75) is 53.0 Å². The van der Waals surface area contributed by atoms with Crippen LogP contribution in [0.4, 0.5) is 0 Å². The summed E-state index contributed by atoms with van der Waals surface area (Å²) in [6.45, 7) is 12.4. The molecule has 94 valence electrons. The molecule has 1 atom stereocenters. The van der Waals surface area contributed by atoms with E-state index in [1.165, 1.54) is 0 Å². The quantitative estimate of drug-likeness (QED) is 0.802. The Labute approximate surface area is 98.8 Å². The third kappa shape index (κ3) is 2.40. The van der Waals surface area contributed by atoms with Crippen LogP contribution in [0.3, 0.4) is 0 Å². The number of hydrogen-bond donors (Lipinski definition) is 1. The highest BCUT2D eigenvalue weighted by Gasteiger charge is 2.47. The summed E-state index contributed by atoms with van der Waals surface area (Å²) in [4.78, 5) is 13.5. The van der Waals surface area contributed by atoms with Gasteiger partial charge in [-0.1, -0.05) is 34.1 Å². The summed E-state index contributed by atoms with van der Waals surface area (Å²) >= 11 is 0. The largest absolute Gasteiger partial charge is 0.480 e. The zero-order chi connectivity index (χ0) is 12.6. The van der Waals surface area contributed by atoms with Crippen molar-refractivity contribution >= 4 is 5.97 Å². The first-order valence-electron chi connectivity index (χ1n) is 6.20. The number of aliphatic carboxylic acids is 1. The fourth-order valence-electron chi connectivity index (χ4n) is 2.32. The molecule has 1 aliphatic rings. The van der Waals surface area contributed by atoms with Crippen molar-refractivity contribution in [3.8, 4) is 0 Å². The lowest BCUT2D eigenvalue weighted by molar-refractivity contribution is -0.159. The standard InChI is InChI=1S/C13H25NO2/c1-6-7-13(5,11(15)16)14-8-10(9-14)12(2,3)4/h10H,6-9H2,1-5H3,(H,15,16). The second-order valence-corrected chi connectivity index (χ2v) is 6.30. The van der Waals surface area contributed by atoms with Gasteiger partial charge < -0.3 is 5.11 Å². The summed E-state index contributed by atoms with van der Waals surface area (Å²) in [7, 11) is 0. The first-order chi connectivity index (χ1) is 7.21. The minimum atomic E-state index is -0.679. The monoisotopic (exact) mass is 227 g/mol. The maximum absolute atomic E-state index is 11.4. The normalized spacial score (nSPS) is 22.6. The summed E-state index contributed by atoms with van der Waals surface area (Å²) < 4.78 is 0. The van der Waals surface area contributed by atoms with Crippen LogP contribution in [0, 0.1) is 11.3 Å². The Morgan fingerprint density at radius 1 is 1.31 bits per heavy atom. The van der Waals surface area contributed by atoms with E-state index in [4.69, 9.17) is 0 Å². The SMILES string of the molecule is CCCC(C)(C(=O)O)N1CC(C(C)(C)C)C1. The van der Waals surface area contributed by atoms with Crippen molar-refractivity contribution in [2.75, 3.05) is 13.1 Å². The average Bonchev–Trinajstić information content (AvgIpc) is 1.97. The van der Waals surface area contributed by atoms with E-state index in [0.29, 0.717) is 11.3 Å². The van der Waals surface area contributed by atoms with Crippen molar-refractivity contribution < 1.29 is 9.90 Å². The highest BCUT2D eigenvalue weighted by atomic mass is 16.4. The van der Waals surface area contributed by atoms with E-state index in [-0.39, 0.29) is 0 Å². The molecule has 1 heterocycles. The number of likely N-dealkylation sites (tertiary alicyclic amines) is 1. The first-order valence-corrected chi connectivity index (χ1v) is 6.20. The highest BCUT2D eigenvalue weighted by molar-refractivity contribution is 5.78. The Kier molecular flexibility index (Phi) is 3.68. The molecule has 0 aromatic heterocycles. The van der Waals surface area contributed by atoms with Crippen LogP contribution in [0.1, 0.15) is 47.5 Å². The van der Waals surface area contributed by atoms with Crippen molar-refractivity contribution in [1.29, 1.82) is 0 Å². The van der Waals surface area contributed by atoms with E-state index in [1.807, 2.05) is 13.8 Å². The molecule has 1 unspecified atom stereocenters. The summed E-state index contributed by atoms with van der Waals surface area (Å²) in [5.41, 5.74) is -0.362. The van der Waals surface area contributed by atoms with Crippen molar-refractivity contribution in [2.24, 2.45) is 11.3 Å². The number of carboxylic acids is 1. The number of nitrogens with zero attached hydrogens (tertiary/aromatic N) is 1. The predicted octanol–water partition coefficient (Wildman–Crippen LogP) is 2.61. The molecule has 1 N–H and O–H groups in total. The molecule has 0 radical (unpaired) electrons. The maximum Gasteiger partial charge on any atom is 0.323 e. The molecule has 0 aromatic rings. The second-order valence-electron chi connectivity index (χ2n) is 6.30. The first kappa shape index (κ1) is 13.5. The molecule has 0 aliphatic carbocycles. The molecule has 1 fully saturated rings. The molecular formula is C13H25NO2. The lowest BCUT2D eigenvalue weighted by Crippen LogP contribution is -2.64. The van der Waals surface area contributed by atoms with Crippen LogP contribution in [0.15, 0.2) is 0 Å². The van der Waals surface area contributed by atoms with Crippen LogP contribution in [0.2, 0.25) is 0 Å². The van der Waals surface area contributed by atoms with Crippen LogP contribution in [-0.2, 0) is 4.79 Å². The Balaban J connectivity index is 2.63. The van der Waals surface area contributed by atoms with Gasteiger partial charge >= 0.3 is 5.97 Å². The fraction of sp³-hybridized carbons (Fsp3) is 0.923. The summed E-state index contributed by atoms with van der Waals surface area (Å²) in [6.07, 6.45) is 1.65. The van der Waals surface area contributed by atoms with Gasteiger partial charge in [0.15, 0.2) is 0 Å². The van der Waals surface area contributed by atoms with Gasteiger partial charge in [-0.2, -0.15) is 0 Å². The number of carboxylic acid groups (broad SMARTS) is 1. The summed E-state index contributed by atoms with van der Waals surface area (Å²) in [5.74, 6) is -0.0512. The van der Waals surface area contributed by atoms with Crippen molar-refractivity contribution in [1.82, 2.24) is 4.90 Å². The van der Waals surface area contributed by atoms with Gasteiger partial charge in [-0.25, -0.2) is 0 Å². The van der Waals surface area contributed by atoms with E-state index in [2.05, 4.69) is 25.7 Å². The number of carbonyl (C=O) groups is 1. The number of hydrogen-bond acceptors (Lipinski definition) is 2. The molecule has 1 rings (SSSR count). The lowest BCUT2D eigenvalue weighted by Gasteiger charge is -2.52. The van der Waals surface area contributed by atoms with Gasteiger partial charge in [-0.15, -0.1) is 0 Å². The Morgan fingerprint density at radius 2 is 1.81 bits per heavy atom. The highest BCUT2D eigenvalue weighted by Crippen LogP contribution is 2.38. The minimum Gasteiger partial charge on any atom is -0.480 e. The topological polar surface area (TPSA) is 40.5 Å². The molecule has 1 aliphatic heterocycles. The Hall–Kier alpha value is -0.570. The van der Waals surface area contributed by atoms with Gasteiger partial charge in [-0.05, 0) is 24.7 Å². The van der Waals surface area contributed by atoms with Crippen molar-refractivity contribution in [3.63, 3.8) is 0 Å². The van der Waals surface area contributed by atoms with E-state index >= 15 is 0 Å². The third-order valence-corrected chi connectivity index (χ3v) is 4.00. The molecule has 3 heteroatoms. The van der Waals surface area contributed by atoms with Crippen LogP contribution >= 0.6 is 0 Å². The molecule has 0 saturated carbocycles. The van der Waals surface area contributed by atoms with E-state index in [9.17, 15) is 9.90 Å². The van der Waals surface area contributed by atoms with E-state index in [1.54, 1.807) is 0 Å². The predicted molar refractivity (Wildman–Crippen MR) is 65.5 cm³/mol. The van der Waals surface area contributed by atoms with Crippen LogP contribution in [-0.4, -0.2) is 34.6 Å².